The molecule has 2 heterocycles. The molecule has 0 amide bonds. The average molecular weight is 307 g/mol. The Morgan fingerprint density at radius 3 is 2.00 bits per heavy atom. The summed E-state index contributed by atoms with van der Waals surface area (Å²) in [6.07, 6.45) is 0.940. The van der Waals surface area contributed by atoms with Crippen molar-refractivity contribution >= 4 is 17.1 Å². The number of rotatable bonds is 3. The minimum atomic E-state index is -0.318. The monoisotopic (exact) mass is 307 g/mol. The zero-order chi connectivity index (χ0) is 15.4. The Labute approximate surface area is 129 Å². The first-order valence-corrected chi connectivity index (χ1v) is 7.69. The molecular formula is C15H21N3O4. The second-order valence-corrected chi connectivity index (χ2v) is 5.52. The van der Waals surface area contributed by atoms with Gasteiger partial charge in [-0.2, -0.15) is 0 Å². The largest absolute Gasteiger partial charge is 0.380 e. The van der Waals surface area contributed by atoms with E-state index in [1.54, 1.807) is 12.1 Å². The van der Waals surface area contributed by atoms with Gasteiger partial charge in [0, 0.05) is 56.3 Å². The molecule has 3 rings (SSSR count). The summed E-state index contributed by atoms with van der Waals surface area (Å²) in [5, 5.41) is 11.3. The molecule has 2 fully saturated rings. The van der Waals surface area contributed by atoms with Gasteiger partial charge in [0.25, 0.3) is 5.69 Å². The van der Waals surface area contributed by atoms with Crippen LogP contribution in [0.25, 0.3) is 0 Å². The Morgan fingerprint density at radius 1 is 0.864 bits per heavy atom. The molecule has 0 saturated carbocycles. The summed E-state index contributed by atoms with van der Waals surface area (Å²) >= 11 is 0. The van der Waals surface area contributed by atoms with E-state index in [-0.39, 0.29) is 10.6 Å². The second kappa shape index (κ2) is 6.93. The number of anilines is 2. The third-order valence-corrected chi connectivity index (χ3v) is 4.06. The lowest BCUT2D eigenvalue weighted by Crippen LogP contribution is -2.36. The molecule has 0 spiro atoms. The number of non-ortho nitro benzene ring substituents is 1. The van der Waals surface area contributed by atoms with Crippen LogP contribution in [0.1, 0.15) is 6.42 Å². The van der Waals surface area contributed by atoms with Crippen LogP contribution in [0.5, 0.6) is 0 Å². The second-order valence-electron chi connectivity index (χ2n) is 5.52. The maximum absolute atomic E-state index is 11.3. The van der Waals surface area contributed by atoms with E-state index in [4.69, 9.17) is 9.47 Å². The molecule has 1 aromatic carbocycles. The van der Waals surface area contributed by atoms with Crippen LogP contribution in [-0.4, -0.2) is 57.5 Å². The van der Waals surface area contributed by atoms with Gasteiger partial charge >= 0.3 is 0 Å². The molecule has 1 aromatic rings. The Hall–Kier alpha value is -1.86. The highest BCUT2D eigenvalue weighted by molar-refractivity contribution is 5.65. The van der Waals surface area contributed by atoms with Crippen molar-refractivity contribution in [3.05, 3.63) is 28.3 Å². The number of morpholine rings is 1. The van der Waals surface area contributed by atoms with E-state index in [9.17, 15) is 10.1 Å². The van der Waals surface area contributed by atoms with Crippen molar-refractivity contribution in [2.24, 2.45) is 0 Å². The first kappa shape index (κ1) is 15.1. The molecule has 7 heteroatoms. The molecule has 22 heavy (non-hydrogen) atoms. The SMILES string of the molecule is O=[N+]([O-])c1cc(N2CCCOCC2)cc(N2CCOCC2)c1. The Bertz CT molecular complexity index is 524. The number of hydrogen-bond donors (Lipinski definition) is 0. The number of nitro groups is 1. The van der Waals surface area contributed by atoms with Gasteiger partial charge in [-0.05, 0) is 12.5 Å². The lowest BCUT2D eigenvalue weighted by Gasteiger charge is -2.30. The number of ether oxygens (including phenoxy) is 2. The molecule has 2 aliphatic rings. The predicted octanol–water partition coefficient (Wildman–Crippen LogP) is 1.66. The molecular weight excluding hydrogens is 286 g/mol. The fourth-order valence-electron chi connectivity index (χ4n) is 2.88. The van der Waals surface area contributed by atoms with Crippen LogP contribution in [0, 0.1) is 10.1 Å². The van der Waals surface area contributed by atoms with E-state index in [1.165, 1.54) is 0 Å². The maximum Gasteiger partial charge on any atom is 0.273 e. The zero-order valence-electron chi connectivity index (χ0n) is 12.6. The van der Waals surface area contributed by atoms with E-state index in [1.807, 2.05) is 6.07 Å². The summed E-state index contributed by atoms with van der Waals surface area (Å²) in [4.78, 5) is 15.3. The number of nitrogens with zero attached hydrogens (tertiary/aromatic N) is 3. The molecule has 0 bridgehead atoms. The molecule has 0 aromatic heterocycles. The van der Waals surface area contributed by atoms with E-state index < -0.39 is 0 Å². The highest BCUT2D eigenvalue weighted by atomic mass is 16.6. The van der Waals surface area contributed by atoms with Gasteiger partial charge < -0.3 is 19.3 Å². The van der Waals surface area contributed by atoms with Crippen LogP contribution in [0.15, 0.2) is 18.2 Å². The molecule has 0 aliphatic carbocycles. The Morgan fingerprint density at radius 2 is 1.41 bits per heavy atom. The van der Waals surface area contributed by atoms with Gasteiger partial charge in [-0.3, -0.25) is 10.1 Å². The van der Waals surface area contributed by atoms with E-state index in [0.717, 1.165) is 50.6 Å². The molecule has 2 saturated heterocycles. The van der Waals surface area contributed by atoms with Crippen LogP contribution in [0.2, 0.25) is 0 Å². The summed E-state index contributed by atoms with van der Waals surface area (Å²) in [7, 11) is 0. The molecule has 120 valence electrons. The lowest BCUT2D eigenvalue weighted by atomic mass is 10.2. The first-order chi connectivity index (χ1) is 10.7. The fraction of sp³-hybridized carbons (Fsp3) is 0.600. The predicted molar refractivity (Wildman–Crippen MR) is 83.8 cm³/mol. The van der Waals surface area contributed by atoms with Crippen LogP contribution in [-0.2, 0) is 9.47 Å². The van der Waals surface area contributed by atoms with E-state index in [0.29, 0.717) is 19.8 Å². The summed E-state index contributed by atoms with van der Waals surface area (Å²) < 4.78 is 10.8. The van der Waals surface area contributed by atoms with E-state index >= 15 is 0 Å². The smallest absolute Gasteiger partial charge is 0.273 e. The van der Waals surface area contributed by atoms with Crippen molar-refractivity contribution in [1.29, 1.82) is 0 Å². The molecule has 0 atom stereocenters. The minimum Gasteiger partial charge on any atom is -0.380 e. The first-order valence-electron chi connectivity index (χ1n) is 7.69. The van der Waals surface area contributed by atoms with Gasteiger partial charge in [-0.1, -0.05) is 0 Å². The third-order valence-electron chi connectivity index (χ3n) is 4.06. The molecule has 7 nitrogen and oxygen atoms in total. The Balaban J connectivity index is 1.90. The van der Waals surface area contributed by atoms with Crippen molar-refractivity contribution in [1.82, 2.24) is 0 Å². The standard InChI is InChI=1S/C15H21N3O4/c19-18(20)15-11-13(16-2-1-6-21-7-3-16)10-14(12-15)17-4-8-22-9-5-17/h10-12H,1-9H2. The van der Waals surface area contributed by atoms with Crippen LogP contribution in [0.3, 0.4) is 0 Å². The van der Waals surface area contributed by atoms with Crippen LogP contribution in [0.4, 0.5) is 17.1 Å². The van der Waals surface area contributed by atoms with Gasteiger partial charge in [0.15, 0.2) is 0 Å². The lowest BCUT2D eigenvalue weighted by molar-refractivity contribution is -0.384. The number of benzene rings is 1. The topological polar surface area (TPSA) is 68.1 Å². The van der Waals surface area contributed by atoms with E-state index in [2.05, 4.69) is 9.80 Å². The molecule has 0 radical (unpaired) electrons. The van der Waals surface area contributed by atoms with Gasteiger partial charge in [-0.15, -0.1) is 0 Å². The summed E-state index contributed by atoms with van der Waals surface area (Å²) in [5.41, 5.74) is 1.95. The maximum atomic E-state index is 11.3. The highest BCUT2D eigenvalue weighted by Gasteiger charge is 2.19. The quantitative estimate of drug-likeness (QED) is 0.625. The molecule has 0 N–H and O–H groups in total. The molecule has 2 aliphatic heterocycles. The van der Waals surface area contributed by atoms with Crippen molar-refractivity contribution in [2.45, 2.75) is 6.42 Å². The fourth-order valence-corrected chi connectivity index (χ4v) is 2.88. The highest BCUT2D eigenvalue weighted by Crippen LogP contribution is 2.30. The van der Waals surface area contributed by atoms with Crippen molar-refractivity contribution in [3.8, 4) is 0 Å². The summed E-state index contributed by atoms with van der Waals surface area (Å²) in [6.45, 7) is 5.91. The number of nitro benzene ring substituents is 1. The molecule has 0 unspecified atom stereocenters. The third kappa shape index (κ3) is 3.48. The van der Waals surface area contributed by atoms with Gasteiger partial charge in [0.2, 0.25) is 0 Å². The van der Waals surface area contributed by atoms with Crippen molar-refractivity contribution in [2.75, 3.05) is 62.4 Å². The average Bonchev–Trinajstić information content (AvgIpc) is 2.84. The van der Waals surface area contributed by atoms with Crippen molar-refractivity contribution in [3.63, 3.8) is 0 Å². The van der Waals surface area contributed by atoms with Gasteiger partial charge in [0.1, 0.15) is 0 Å². The van der Waals surface area contributed by atoms with Gasteiger partial charge in [-0.25, -0.2) is 0 Å². The van der Waals surface area contributed by atoms with Crippen LogP contribution < -0.4 is 9.80 Å². The Kier molecular flexibility index (Phi) is 4.74. The summed E-state index contributed by atoms with van der Waals surface area (Å²) in [6, 6.07) is 5.36. The van der Waals surface area contributed by atoms with Crippen LogP contribution >= 0.6 is 0 Å². The minimum absolute atomic E-state index is 0.143. The number of hydrogen-bond acceptors (Lipinski definition) is 6. The van der Waals surface area contributed by atoms with Gasteiger partial charge in [0.05, 0.1) is 24.7 Å². The summed E-state index contributed by atoms with van der Waals surface area (Å²) in [5.74, 6) is 0. The normalized spacial score (nSPS) is 19.8. The zero-order valence-corrected chi connectivity index (χ0v) is 12.6. The van der Waals surface area contributed by atoms with Crippen molar-refractivity contribution < 1.29 is 14.4 Å².